The fraction of sp³-hybridized carbons (Fsp3) is 0.375. The Hall–Kier alpha value is -1.70. The smallest absolute Gasteiger partial charge is 0.0270 e. The Labute approximate surface area is 108 Å². The van der Waals surface area contributed by atoms with Crippen molar-refractivity contribution < 1.29 is 0 Å². The lowest BCUT2D eigenvalue weighted by Crippen LogP contribution is -2.12. The van der Waals surface area contributed by atoms with E-state index in [1.165, 1.54) is 36.8 Å². The van der Waals surface area contributed by atoms with Crippen molar-refractivity contribution >= 4 is 0 Å². The summed E-state index contributed by atoms with van der Waals surface area (Å²) in [5.41, 5.74) is 2.91. The van der Waals surface area contributed by atoms with Crippen molar-refractivity contribution in [1.82, 2.24) is 9.97 Å². The Morgan fingerprint density at radius 1 is 0.611 bits per heavy atom. The Bertz CT molecular complexity index is 425. The van der Waals surface area contributed by atoms with E-state index in [1.807, 2.05) is 24.8 Å². The minimum Gasteiger partial charge on any atom is -0.265 e. The maximum Gasteiger partial charge on any atom is 0.0270 e. The number of rotatable bonds is 2. The molecular weight excluding hydrogens is 220 g/mol. The van der Waals surface area contributed by atoms with Gasteiger partial charge in [-0.3, -0.25) is 9.97 Å². The van der Waals surface area contributed by atoms with E-state index in [1.54, 1.807) is 0 Å². The van der Waals surface area contributed by atoms with Crippen LogP contribution in [0.25, 0.3) is 0 Å². The highest BCUT2D eigenvalue weighted by Gasteiger charge is 2.23. The second kappa shape index (κ2) is 5.30. The molecule has 2 heteroatoms. The normalized spacial score (nSPS) is 23.8. The molecule has 0 unspecified atom stereocenters. The number of hydrogen-bond donors (Lipinski definition) is 0. The molecule has 0 bridgehead atoms. The first-order valence-electron chi connectivity index (χ1n) is 6.73. The van der Waals surface area contributed by atoms with Crippen molar-refractivity contribution in [1.29, 1.82) is 0 Å². The van der Waals surface area contributed by atoms with Gasteiger partial charge in [-0.25, -0.2) is 0 Å². The third-order valence-electron chi connectivity index (χ3n) is 4.08. The zero-order valence-corrected chi connectivity index (χ0v) is 10.5. The van der Waals surface area contributed by atoms with E-state index in [-0.39, 0.29) is 0 Å². The number of nitrogens with zero attached hydrogens (tertiary/aromatic N) is 2. The van der Waals surface area contributed by atoms with Gasteiger partial charge >= 0.3 is 0 Å². The fourth-order valence-electron chi connectivity index (χ4n) is 3.03. The number of pyridine rings is 2. The topological polar surface area (TPSA) is 25.8 Å². The summed E-state index contributed by atoms with van der Waals surface area (Å²) < 4.78 is 0. The largest absolute Gasteiger partial charge is 0.265 e. The molecule has 1 saturated carbocycles. The second-order valence-corrected chi connectivity index (χ2v) is 5.11. The molecule has 0 aliphatic heterocycles. The molecule has 0 spiro atoms. The summed E-state index contributed by atoms with van der Waals surface area (Å²) in [4.78, 5) is 8.19. The van der Waals surface area contributed by atoms with Crippen LogP contribution in [-0.2, 0) is 0 Å². The Kier molecular flexibility index (Phi) is 3.35. The maximum atomic E-state index is 4.10. The molecule has 0 radical (unpaired) electrons. The molecule has 92 valence electrons. The second-order valence-electron chi connectivity index (χ2n) is 5.11. The monoisotopic (exact) mass is 238 g/mol. The van der Waals surface area contributed by atoms with Crippen LogP contribution in [0.3, 0.4) is 0 Å². The van der Waals surface area contributed by atoms with E-state index < -0.39 is 0 Å². The van der Waals surface area contributed by atoms with Crippen LogP contribution in [0.5, 0.6) is 0 Å². The molecule has 2 heterocycles. The molecule has 0 aromatic carbocycles. The van der Waals surface area contributed by atoms with E-state index in [0.717, 1.165) is 11.8 Å². The quantitative estimate of drug-likeness (QED) is 0.792. The third-order valence-corrected chi connectivity index (χ3v) is 4.08. The van der Waals surface area contributed by atoms with Crippen molar-refractivity contribution in [3.05, 3.63) is 60.2 Å². The van der Waals surface area contributed by atoms with Crippen LogP contribution >= 0.6 is 0 Å². The molecule has 0 N–H and O–H groups in total. The molecular formula is C16H18N2. The molecule has 0 amide bonds. The summed E-state index contributed by atoms with van der Waals surface area (Å²) in [6.07, 6.45) is 12.8. The first kappa shape index (κ1) is 11.4. The molecule has 2 aromatic rings. The van der Waals surface area contributed by atoms with E-state index in [4.69, 9.17) is 0 Å². The predicted octanol–water partition coefficient (Wildman–Crippen LogP) is 3.92. The van der Waals surface area contributed by atoms with Gasteiger partial charge in [0.2, 0.25) is 0 Å². The average Bonchev–Trinajstić information content (AvgIpc) is 2.49. The Morgan fingerprint density at radius 2 is 0.944 bits per heavy atom. The summed E-state index contributed by atoms with van der Waals surface area (Å²) in [5, 5.41) is 0. The number of aromatic nitrogens is 2. The predicted molar refractivity (Wildman–Crippen MR) is 72.4 cm³/mol. The molecule has 1 aliphatic rings. The van der Waals surface area contributed by atoms with Gasteiger partial charge in [-0.1, -0.05) is 0 Å². The molecule has 0 atom stereocenters. The van der Waals surface area contributed by atoms with Crippen LogP contribution in [0.15, 0.2) is 49.1 Å². The molecule has 2 nitrogen and oxygen atoms in total. The van der Waals surface area contributed by atoms with Gasteiger partial charge in [0, 0.05) is 24.8 Å². The van der Waals surface area contributed by atoms with Gasteiger partial charge in [-0.15, -0.1) is 0 Å². The maximum absolute atomic E-state index is 4.10. The van der Waals surface area contributed by atoms with Crippen molar-refractivity contribution in [2.75, 3.05) is 0 Å². The number of hydrogen-bond acceptors (Lipinski definition) is 2. The van der Waals surface area contributed by atoms with Crippen LogP contribution in [0, 0.1) is 0 Å². The van der Waals surface area contributed by atoms with Crippen molar-refractivity contribution in [3.8, 4) is 0 Å². The fourth-order valence-corrected chi connectivity index (χ4v) is 3.03. The van der Waals surface area contributed by atoms with Crippen LogP contribution < -0.4 is 0 Å². The molecule has 0 saturated heterocycles. The lowest BCUT2D eigenvalue weighted by Gasteiger charge is -2.28. The minimum absolute atomic E-state index is 0.728. The van der Waals surface area contributed by atoms with Gasteiger partial charge in [0.15, 0.2) is 0 Å². The molecule has 1 fully saturated rings. The van der Waals surface area contributed by atoms with Gasteiger partial charge in [0.05, 0.1) is 0 Å². The third kappa shape index (κ3) is 2.42. The lowest BCUT2D eigenvalue weighted by molar-refractivity contribution is 0.396. The van der Waals surface area contributed by atoms with Crippen LogP contribution in [0.2, 0.25) is 0 Å². The summed E-state index contributed by atoms with van der Waals surface area (Å²) >= 11 is 0. The molecule has 2 aromatic heterocycles. The van der Waals surface area contributed by atoms with E-state index >= 15 is 0 Å². The van der Waals surface area contributed by atoms with Gasteiger partial charge in [0.25, 0.3) is 0 Å². The highest BCUT2D eigenvalue weighted by molar-refractivity contribution is 5.20. The molecule has 18 heavy (non-hydrogen) atoms. The first-order valence-corrected chi connectivity index (χ1v) is 6.73. The van der Waals surface area contributed by atoms with Crippen molar-refractivity contribution in [2.45, 2.75) is 37.5 Å². The summed E-state index contributed by atoms with van der Waals surface area (Å²) in [7, 11) is 0. The van der Waals surface area contributed by atoms with Crippen molar-refractivity contribution in [2.24, 2.45) is 0 Å². The summed E-state index contributed by atoms with van der Waals surface area (Å²) in [5.74, 6) is 1.46. The standard InChI is InChI=1S/C16H18N2/c1-2-14(16-7-11-18-12-8-16)4-3-13(1)15-5-9-17-10-6-15/h5-14H,1-4H2. The highest BCUT2D eigenvalue weighted by Crippen LogP contribution is 2.39. The van der Waals surface area contributed by atoms with Gasteiger partial charge < -0.3 is 0 Å². The molecule has 3 rings (SSSR count). The Balaban J connectivity index is 1.65. The van der Waals surface area contributed by atoms with Crippen LogP contribution in [0.1, 0.15) is 48.6 Å². The van der Waals surface area contributed by atoms with Gasteiger partial charge in [0.1, 0.15) is 0 Å². The van der Waals surface area contributed by atoms with Crippen LogP contribution in [0.4, 0.5) is 0 Å². The minimum atomic E-state index is 0.728. The SMILES string of the molecule is c1cc(C2CCC(c3ccncc3)CC2)ccn1. The van der Waals surface area contributed by atoms with Gasteiger partial charge in [-0.2, -0.15) is 0 Å². The summed E-state index contributed by atoms with van der Waals surface area (Å²) in [6, 6.07) is 8.66. The zero-order valence-electron chi connectivity index (χ0n) is 10.5. The van der Waals surface area contributed by atoms with E-state index in [2.05, 4.69) is 34.2 Å². The first-order chi connectivity index (χ1) is 8.93. The highest BCUT2D eigenvalue weighted by atomic mass is 14.6. The Morgan fingerprint density at radius 3 is 1.28 bits per heavy atom. The van der Waals surface area contributed by atoms with Gasteiger partial charge in [-0.05, 0) is 72.9 Å². The van der Waals surface area contributed by atoms with E-state index in [9.17, 15) is 0 Å². The average molecular weight is 238 g/mol. The zero-order chi connectivity index (χ0) is 12.2. The van der Waals surface area contributed by atoms with E-state index in [0.29, 0.717) is 0 Å². The lowest BCUT2D eigenvalue weighted by atomic mass is 9.76. The van der Waals surface area contributed by atoms with Crippen LogP contribution in [-0.4, -0.2) is 9.97 Å². The molecule has 1 aliphatic carbocycles. The van der Waals surface area contributed by atoms with Crippen molar-refractivity contribution in [3.63, 3.8) is 0 Å². The summed E-state index contributed by atoms with van der Waals surface area (Å²) in [6.45, 7) is 0.